The van der Waals surface area contributed by atoms with Crippen LogP contribution < -0.4 is 5.32 Å². The van der Waals surface area contributed by atoms with Crippen LogP contribution in [-0.4, -0.2) is 21.0 Å². The Morgan fingerprint density at radius 1 is 1.24 bits per heavy atom. The normalized spacial score (nSPS) is 10.7. The summed E-state index contributed by atoms with van der Waals surface area (Å²) < 4.78 is 3.00. The Bertz CT molecular complexity index is 787. The lowest BCUT2D eigenvalue weighted by Gasteiger charge is -2.06. The van der Waals surface area contributed by atoms with Gasteiger partial charge in [-0.25, -0.2) is 4.98 Å². The Balaban J connectivity index is 1.65. The number of pyridine rings is 1. The maximum atomic E-state index is 12.0. The van der Waals surface area contributed by atoms with Crippen molar-refractivity contribution in [3.05, 3.63) is 58.4 Å². The molecular weight excluding hydrogens is 397 g/mol. The molecule has 21 heavy (non-hydrogen) atoms. The Morgan fingerprint density at radius 3 is 2.90 bits per heavy atom. The standard InChI is InChI=1S/C15H12IN3OS/c16-12-6-1-2-7-13(12)18-14(20)10-21-15-17-9-11-5-3-4-8-19(11)15/h1-9H,10H2,(H,18,20). The van der Waals surface area contributed by atoms with E-state index in [1.54, 1.807) is 6.20 Å². The number of anilines is 1. The lowest BCUT2D eigenvalue weighted by molar-refractivity contribution is -0.113. The Labute approximate surface area is 140 Å². The van der Waals surface area contributed by atoms with Crippen molar-refractivity contribution in [3.8, 4) is 0 Å². The maximum Gasteiger partial charge on any atom is 0.234 e. The minimum atomic E-state index is -0.0307. The number of benzene rings is 1. The number of aromatic nitrogens is 2. The first kappa shape index (κ1) is 14.4. The van der Waals surface area contributed by atoms with Crippen LogP contribution in [0, 0.1) is 3.57 Å². The van der Waals surface area contributed by atoms with Crippen molar-refractivity contribution < 1.29 is 4.79 Å². The van der Waals surface area contributed by atoms with Crippen molar-refractivity contribution >= 4 is 51.5 Å². The zero-order chi connectivity index (χ0) is 14.7. The van der Waals surface area contributed by atoms with Gasteiger partial charge in [0.2, 0.25) is 5.91 Å². The Hall–Kier alpha value is -1.54. The number of imidazole rings is 1. The molecule has 0 aliphatic heterocycles. The third kappa shape index (κ3) is 3.38. The highest BCUT2D eigenvalue weighted by atomic mass is 127. The summed E-state index contributed by atoms with van der Waals surface area (Å²) in [5.41, 5.74) is 1.87. The van der Waals surface area contributed by atoms with Gasteiger partial charge in [-0.05, 0) is 46.9 Å². The quantitative estimate of drug-likeness (QED) is 0.529. The smallest absolute Gasteiger partial charge is 0.234 e. The third-order valence-corrected chi connectivity index (χ3v) is 4.79. The van der Waals surface area contributed by atoms with E-state index in [4.69, 9.17) is 0 Å². The first-order chi connectivity index (χ1) is 10.2. The monoisotopic (exact) mass is 409 g/mol. The van der Waals surface area contributed by atoms with Gasteiger partial charge in [0.05, 0.1) is 23.2 Å². The van der Waals surface area contributed by atoms with E-state index >= 15 is 0 Å². The summed E-state index contributed by atoms with van der Waals surface area (Å²) in [6, 6.07) is 13.6. The second-order valence-corrected chi connectivity index (χ2v) is 6.46. The molecule has 0 saturated heterocycles. The number of amides is 1. The van der Waals surface area contributed by atoms with Gasteiger partial charge in [0, 0.05) is 9.77 Å². The molecule has 0 saturated carbocycles. The summed E-state index contributed by atoms with van der Waals surface area (Å²) in [6.45, 7) is 0. The second-order valence-electron chi connectivity index (χ2n) is 4.35. The Kier molecular flexibility index (Phi) is 4.45. The lowest BCUT2D eigenvalue weighted by atomic mass is 10.3. The highest BCUT2D eigenvalue weighted by molar-refractivity contribution is 14.1. The molecule has 0 bridgehead atoms. The van der Waals surface area contributed by atoms with Crippen molar-refractivity contribution in [3.63, 3.8) is 0 Å². The van der Waals surface area contributed by atoms with E-state index in [0.29, 0.717) is 5.75 Å². The highest BCUT2D eigenvalue weighted by Crippen LogP contribution is 2.20. The fourth-order valence-corrected chi connectivity index (χ4v) is 3.19. The Morgan fingerprint density at radius 2 is 2.05 bits per heavy atom. The number of fused-ring (bicyclic) bond motifs is 1. The minimum Gasteiger partial charge on any atom is -0.324 e. The van der Waals surface area contributed by atoms with Crippen LogP contribution in [0.1, 0.15) is 0 Å². The largest absolute Gasteiger partial charge is 0.324 e. The number of carbonyl (C=O) groups excluding carboxylic acids is 1. The van der Waals surface area contributed by atoms with Crippen LogP contribution in [0.2, 0.25) is 0 Å². The number of nitrogens with zero attached hydrogens (tertiary/aromatic N) is 2. The maximum absolute atomic E-state index is 12.0. The topological polar surface area (TPSA) is 46.4 Å². The number of para-hydroxylation sites is 1. The first-order valence-corrected chi connectivity index (χ1v) is 8.40. The molecule has 1 amide bonds. The molecule has 0 aliphatic carbocycles. The second kappa shape index (κ2) is 6.48. The molecule has 0 aliphatic rings. The van der Waals surface area contributed by atoms with Gasteiger partial charge in [-0.1, -0.05) is 30.0 Å². The first-order valence-electron chi connectivity index (χ1n) is 6.33. The molecule has 2 heterocycles. The molecule has 0 fully saturated rings. The lowest BCUT2D eigenvalue weighted by Crippen LogP contribution is -2.15. The number of thioether (sulfide) groups is 1. The summed E-state index contributed by atoms with van der Waals surface area (Å²) in [7, 11) is 0. The van der Waals surface area contributed by atoms with Crippen LogP contribution in [0.5, 0.6) is 0 Å². The predicted molar refractivity (Wildman–Crippen MR) is 93.7 cm³/mol. The van der Waals surface area contributed by atoms with E-state index < -0.39 is 0 Å². The summed E-state index contributed by atoms with van der Waals surface area (Å²) >= 11 is 3.63. The van der Waals surface area contributed by atoms with Crippen molar-refractivity contribution in [1.82, 2.24) is 9.38 Å². The van der Waals surface area contributed by atoms with Crippen molar-refractivity contribution in [2.75, 3.05) is 11.1 Å². The number of nitrogens with one attached hydrogen (secondary N) is 1. The number of hydrogen-bond acceptors (Lipinski definition) is 3. The van der Waals surface area contributed by atoms with E-state index in [1.165, 1.54) is 11.8 Å². The fraction of sp³-hybridized carbons (Fsp3) is 0.0667. The molecule has 0 radical (unpaired) electrons. The van der Waals surface area contributed by atoms with Gasteiger partial charge >= 0.3 is 0 Å². The summed E-state index contributed by atoms with van der Waals surface area (Å²) in [4.78, 5) is 16.4. The van der Waals surface area contributed by atoms with E-state index in [9.17, 15) is 4.79 Å². The summed E-state index contributed by atoms with van der Waals surface area (Å²) in [5, 5.41) is 3.74. The van der Waals surface area contributed by atoms with Gasteiger partial charge in [-0.2, -0.15) is 0 Å². The average molecular weight is 409 g/mol. The zero-order valence-electron chi connectivity index (χ0n) is 11.0. The van der Waals surface area contributed by atoms with Crippen LogP contribution in [0.15, 0.2) is 60.0 Å². The molecule has 0 atom stereocenters. The van der Waals surface area contributed by atoms with Crippen LogP contribution in [-0.2, 0) is 4.79 Å². The highest BCUT2D eigenvalue weighted by Gasteiger charge is 2.09. The van der Waals surface area contributed by atoms with E-state index in [0.717, 1.165) is 19.9 Å². The third-order valence-electron chi connectivity index (χ3n) is 2.89. The number of carbonyl (C=O) groups is 1. The molecule has 2 aromatic heterocycles. The predicted octanol–water partition coefficient (Wildman–Crippen LogP) is 3.67. The number of halogens is 1. The molecular formula is C15H12IN3OS. The van der Waals surface area contributed by atoms with Crippen molar-refractivity contribution in [2.45, 2.75) is 5.16 Å². The van der Waals surface area contributed by atoms with Gasteiger partial charge in [0.15, 0.2) is 5.16 Å². The molecule has 1 N–H and O–H groups in total. The number of rotatable bonds is 4. The van der Waals surface area contributed by atoms with E-state index in [-0.39, 0.29) is 5.91 Å². The van der Waals surface area contributed by atoms with Crippen LogP contribution in [0.4, 0.5) is 5.69 Å². The van der Waals surface area contributed by atoms with E-state index in [1.807, 2.05) is 53.1 Å². The van der Waals surface area contributed by atoms with Gasteiger partial charge < -0.3 is 5.32 Å². The van der Waals surface area contributed by atoms with Gasteiger partial charge in [0.1, 0.15) is 0 Å². The van der Waals surface area contributed by atoms with Gasteiger partial charge in [-0.3, -0.25) is 9.20 Å². The van der Waals surface area contributed by atoms with E-state index in [2.05, 4.69) is 32.9 Å². The van der Waals surface area contributed by atoms with Gasteiger partial charge in [-0.15, -0.1) is 0 Å². The molecule has 0 spiro atoms. The molecule has 106 valence electrons. The molecule has 3 rings (SSSR count). The summed E-state index contributed by atoms with van der Waals surface area (Å²) in [5.74, 6) is 0.302. The van der Waals surface area contributed by atoms with Crippen LogP contribution in [0.25, 0.3) is 5.52 Å². The molecule has 0 unspecified atom stereocenters. The molecule has 4 nitrogen and oxygen atoms in total. The van der Waals surface area contributed by atoms with Gasteiger partial charge in [0.25, 0.3) is 0 Å². The van der Waals surface area contributed by atoms with Crippen LogP contribution >= 0.6 is 34.4 Å². The molecule has 1 aromatic carbocycles. The SMILES string of the molecule is O=C(CSc1ncc2ccccn12)Nc1ccccc1I. The minimum absolute atomic E-state index is 0.0307. The number of hydrogen-bond donors (Lipinski definition) is 1. The fourth-order valence-electron chi connectivity index (χ4n) is 1.91. The van der Waals surface area contributed by atoms with Crippen molar-refractivity contribution in [2.24, 2.45) is 0 Å². The van der Waals surface area contributed by atoms with Crippen molar-refractivity contribution in [1.29, 1.82) is 0 Å². The molecule has 6 heteroatoms. The zero-order valence-corrected chi connectivity index (χ0v) is 14.0. The average Bonchev–Trinajstić information content (AvgIpc) is 2.91. The van der Waals surface area contributed by atoms with Crippen LogP contribution in [0.3, 0.4) is 0 Å². The molecule has 3 aromatic rings. The summed E-state index contributed by atoms with van der Waals surface area (Å²) in [6.07, 6.45) is 3.75.